The van der Waals surface area contributed by atoms with E-state index in [1.807, 2.05) is 0 Å². The van der Waals surface area contributed by atoms with E-state index >= 15 is 0 Å². The van der Waals surface area contributed by atoms with Gasteiger partial charge in [0.1, 0.15) is 6.10 Å². The van der Waals surface area contributed by atoms with Crippen molar-refractivity contribution in [3.05, 3.63) is 39.9 Å². The first-order valence-corrected chi connectivity index (χ1v) is 4.17. The monoisotopic (exact) mass is 221 g/mol. The van der Waals surface area contributed by atoms with Crippen LogP contribution in [0.2, 0.25) is 0 Å². The van der Waals surface area contributed by atoms with Crippen molar-refractivity contribution in [2.24, 2.45) is 0 Å². The van der Waals surface area contributed by atoms with E-state index in [1.54, 1.807) is 5.92 Å². The zero-order valence-corrected chi connectivity index (χ0v) is 7.95. The predicted octanol–water partition coefficient (Wildman–Crippen LogP) is 0.716. The minimum atomic E-state index is -1.35. The van der Waals surface area contributed by atoms with Crippen LogP contribution in [-0.2, 0) is 4.79 Å². The molecule has 0 fully saturated rings. The average Bonchev–Trinajstić information content (AvgIpc) is 2.26. The molecule has 0 saturated heterocycles. The number of hydrogen-bond donors (Lipinski definition) is 2. The van der Waals surface area contributed by atoms with Gasteiger partial charge in [0.25, 0.3) is 5.69 Å². The average molecular weight is 221 g/mol. The van der Waals surface area contributed by atoms with Gasteiger partial charge in [-0.25, -0.2) is 4.79 Å². The molecule has 6 nitrogen and oxygen atoms in total. The SMILES string of the molecule is O=C(O)C#CC(O)c1ccc([N+](=O)[O-])cc1. The quantitative estimate of drug-likeness (QED) is 0.435. The number of rotatable bonds is 2. The summed E-state index contributed by atoms with van der Waals surface area (Å²) in [6.45, 7) is 0. The highest BCUT2D eigenvalue weighted by Gasteiger charge is 2.08. The molecule has 2 N–H and O–H groups in total. The molecule has 0 heterocycles. The lowest BCUT2D eigenvalue weighted by molar-refractivity contribution is -0.384. The fraction of sp³-hybridized carbons (Fsp3) is 0.100. The van der Waals surface area contributed by atoms with Crippen molar-refractivity contribution in [3.8, 4) is 11.8 Å². The summed E-state index contributed by atoms with van der Waals surface area (Å²) in [5.74, 6) is 2.50. The molecule has 1 aromatic carbocycles. The standard InChI is InChI=1S/C10H7NO5/c12-9(5-6-10(13)14)7-1-3-8(4-2-7)11(15)16/h1-4,9,12H,(H,13,14). The fourth-order valence-electron chi connectivity index (χ4n) is 0.992. The molecular weight excluding hydrogens is 214 g/mol. The summed E-state index contributed by atoms with van der Waals surface area (Å²) in [4.78, 5) is 19.9. The Kier molecular flexibility index (Phi) is 3.58. The predicted molar refractivity (Wildman–Crippen MR) is 53.5 cm³/mol. The molecule has 0 bridgehead atoms. The second-order valence-corrected chi connectivity index (χ2v) is 2.83. The number of aliphatic carboxylic acids is 1. The van der Waals surface area contributed by atoms with E-state index in [1.165, 1.54) is 24.3 Å². The molecule has 0 amide bonds. The number of hydrogen-bond acceptors (Lipinski definition) is 4. The number of non-ortho nitro benzene ring substituents is 1. The Hall–Kier alpha value is -2.39. The molecule has 1 aromatic rings. The fourth-order valence-corrected chi connectivity index (χ4v) is 0.992. The van der Waals surface area contributed by atoms with Gasteiger partial charge < -0.3 is 10.2 Å². The minimum absolute atomic E-state index is 0.109. The molecule has 82 valence electrons. The van der Waals surface area contributed by atoms with E-state index in [0.717, 1.165) is 0 Å². The van der Waals surface area contributed by atoms with Gasteiger partial charge in [-0.15, -0.1) is 0 Å². The van der Waals surface area contributed by atoms with E-state index in [4.69, 9.17) is 5.11 Å². The van der Waals surface area contributed by atoms with Gasteiger partial charge in [-0.1, -0.05) is 5.92 Å². The zero-order chi connectivity index (χ0) is 12.1. The van der Waals surface area contributed by atoms with Gasteiger partial charge in [0.15, 0.2) is 0 Å². The maximum Gasteiger partial charge on any atom is 0.382 e. The molecule has 1 rings (SSSR count). The molecule has 0 aliphatic rings. The van der Waals surface area contributed by atoms with Crippen LogP contribution in [0.15, 0.2) is 24.3 Å². The normalized spacial score (nSPS) is 11.1. The highest BCUT2D eigenvalue weighted by molar-refractivity contribution is 5.86. The van der Waals surface area contributed by atoms with Crippen LogP contribution >= 0.6 is 0 Å². The van der Waals surface area contributed by atoms with Gasteiger partial charge >= 0.3 is 5.97 Å². The molecule has 0 spiro atoms. The lowest BCUT2D eigenvalue weighted by atomic mass is 10.1. The van der Waals surface area contributed by atoms with Crippen molar-refractivity contribution in [2.45, 2.75) is 6.10 Å². The van der Waals surface area contributed by atoms with Crippen molar-refractivity contribution < 1.29 is 19.9 Å². The Labute approximate surface area is 90.3 Å². The number of aliphatic hydroxyl groups excluding tert-OH is 1. The summed E-state index contributed by atoms with van der Waals surface area (Å²) in [5.41, 5.74) is 0.196. The maximum absolute atomic E-state index is 10.3. The number of nitro groups is 1. The molecule has 0 saturated carbocycles. The molecule has 0 aliphatic carbocycles. The molecule has 0 aliphatic heterocycles. The number of carboxylic acid groups (broad SMARTS) is 1. The molecule has 1 unspecified atom stereocenters. The number of nitro benzene ring substituents is 1. The maximum atomic E-state index is 10.3. The summed E-state index contributed by atoms with van der Waals surface area (Å²) in [7, 11) is 0. The lowest BCUT2D eigenvalue weighted by Gasteiger charge is -2.01. The highest BCUT2D eigenvalue weighted by atomic mass is 16.6. The van der Waals surface area contributed by atoms with Crippen LogP contribution in [0.1, 0.15) is 11.7 Å². The first-order chi connectivity index (χ1) is 7.50. The summed E-state index contributed by atoms with van der Waals surface area (Å²) < 4.78 is 0. The van der Waals surface area contributed by atoms with Crippen molar-refractivity contribution in [1.82, 2.24) is 0 Å². The van der Waals surface area contributed by atoms with E-state index in [0.29, 0.717) is 5.56 Å². The van der Waals surface area contributed by atoms with E-state index < -0.39 is 17.0 Å². The number of carbonyl (C=O) groups is 1. The molecule has 16 heavy (non-hydrogen) atoms. The first-order valence-electron chi connectivity index (χ1n) is 4.17. The van der Waals surface area contributed by atoms with Gasteiger partial charge in [0.2, 0.25) is 0 Å². The summed E-state index contributed by atoms with van der Waals surface area (Å²) in [5, 5.41) is 28.0. The molecule has 0 radical (unpaired) electrons. The number of nitrogens with zero attached hydrogens (tertiary/aromatic N) is 1. The van der Waals surface area contributed by atoms with Crippen LogP contribution in [0, 0.1) is 22.0 Å². The number of carboxylic acids is 1. The van der Waals surface area contributed by atoms with Crippen LogP contribution in [-0.4, -0.2) is 21.1 Å². The number of benzene rings is 1. The van der Waals surface area contributed by atoms with Crippen LogP contribution in [0.25, 0.3) is 0 Å². The van der Waals surface area contributed by atoms with Crippen molar-refractivity contribution in [3.63, 3.8) is 0 Å². The molecule has 6 heteroatoms. The lowest BCUT2D eigenvalue weighted by Crippen LogP contribution is -1.96. The van der Waals surface area contributed by atoms with E-state index in [-0.39, 0.29) is 5.69 Å². The molecule has 1 atom stereocenters. The Balaban J connectivity index is 2.87. The van der Waals surface area contributed by atoms with Gasteiger partial charge in [0, 0.05) is 18.1 Å². The van der Waals surface area contributed by atoms with Crippen LogP contribution < -0.4 is 0 Å². The van der Waals surface area contributed by atoms with Crippen molar-refractivity contribution >= 4 is 11.7 Å². The van der Waals surface area contributed by atoms with Gasteiger partial charge in [0.05, 0.1) is 4.92 Å². The topological polar surface area (TPSA) is 101 Å². The van der Waals surface area contributed by atoms with Crippen molar-refractivity contribution in [1.29, 1.82) is 0 Å². The molecule has 0 aromatic heterocycles. The highest BCUT2D eigenvalue weighted by Crippen LogP contribution is 2.16. The Morgan fingerprint density at radius 2 is 1.94 bits per heavy atom. The Bertz CT molecular complexity index is 468. The third-order valence-corrected chi connectivity index (χ3v) is 1.74. The van der Waals surface area contributed by atoms with E-state index in [2.05, 4.69) is 5.92 Å². The second kappa shape index (κ2) is 4.91. The van der Waals surface area contributed by atoms with Crippen LogP contribution in [0.5, 0.6) is 0 Å². The number of aliphatic hydroxyl groups is 1. The Morgan fingerprint density at radius 1 is 1.38 bits per heavy atom. The minimum Gasteiger partial charge on any atom is -0.472 e. The van der Waals surface area contributed by atoms with Crippen molar-refractivity contribution in [2.75, 3.05) is 0 Å². The summed E-state index contributed by atoms with van der Waals surface area (Å²) in [6.07, 6.45) is -1.27. The van der Waals surface area contributed by atoms with Gasteiger partial charge in [-0.2, -0.15) is 0 Å². The van der Waals surface area contributed by atoms with Gasteiger partial charge in [-0.05, 0) is 17.7 Å². The largest absolute Gasteiger partial charge is 0.472 e. The van der Waals surface area contributed by atoms with Crippen LogP contribution in [0.3, 0.4) is 0 Å². The summed E-state index contributed by atoms with van der Waals surface area (Å²) in [6, 6.07) is 5.06. The smallest absolute Gasteiger partial charge is 0.382 e. The second-order valence-electron chi connectivity index (χ2n) is 2.83. The Morgan fingerprint density at radius 3 is 2.38 bits per heavy atom. The van der Waals surface area contributed by atoms with Gasteiger partial charge in [-0.3, -0.25) is 10.1 Å². The zero-order valence-electron chi connectivity index (χ0n) is 7.95. The van der Waals surface area contributed by atoms with E-state index in [9.17, 15) is 20.0 Å². The first kappa shape index (κ1) is 11.7. The molecular formula is C10H7NO5. The third kappa shape index (κ3) is 3.08. The van der Waals surface area contributed by atoms with Crippen LogP contribution in [0.4, 0.5) is 5.69 Å². The summed E-state index contributed by atoms with van der Waals surface area (Å²) >= 11 is 0. The third-order valence-electron chi connectivity index (χ3n) is 1.74.